The van der Waals surface area contributed by atoms with Gasteiger partial charge in [0.15, 0.2) is 0 Å². The molecule has 6 nitrogen and oxygen atoms in total. The van der Waals surface area contributed by atoms with Gasteiger partial charge in [-0.2, -0.15) is 11.8 Å². The van der Waals surface area contributed by atoms with Gasteiger partial charge in [0.2, 0.25) is 0 Å². The van der Waals surface area contributed by atoms with Crippen molar-refractivity contribution < 1.29 is 44.1 Å². The Morgan fingerprint density at radius 3 is 2.51 bits per heavy atom. The number of amides is 1. The number of aliphatic carboxylic acids is 1. The summed E-state index contributed by atoms with van der Waals surface area (Å²) in [5.41, 5.74) is 4.97. The van der Waals surface area contributed by atoms with Crippen LogP contribution in [-0.4, -0.2) is 41.6 Å². The van der Waals surface area contributed by atoms with Crippen LogP contribution in [-0.2, 0) is 22.6 Å². The Morgan fingerprint density at radius 2 is 1.80 bits per heavy atom. The number of carboxylic acid groups (broad SMARTS) is 1. The van der Waals surface area contributed by atoms with E-state index in [1.807, 2.05) is 86.0 Å². The number of rotatable bonds is 13. The maximum absolute atomic E-state index is 13.2. The van der Waals surface area contributed by atoms with E-state index in [4.69, 9.17) is 20.8 Å². The van der Waals surface area contributed by atoms with Gasteiger partial charge in [-0.3, -0.25) is 4.79 Å². The van der Waals surface area contributed by atoms with Crippen molar-refractivity contribution in [2.75, 3.05) is 18.6 Å². The molecule has 1 atom stereocenters. The zero-order valence-corrected chi connectivity index (χ0v) is 25.1. The quantitative estimate of drug-likeness (QED) is 0.179. The van der Waals surface area contributed by atoms with Gasteiger partial charge in [-0.15, -0.1) is 0 Å². The molecule has 2 N–H and O–H groups in total. The number of carbonyl (C=O) groups is 2. The second-order valence-electron chi connectivity index (χ2n) is 9.42. The molecule has 0 aliphatic rings. The minimum Gasteiger partial charge on any atom is -1.00 e. The summed E-state index contributed by atoms with van der Waals surface area (Å²) >= 11 is 7.52. The average Bonchev–Trinajstić information content (AvgIpc) is 3.42. The number of furan rings is 1. The van der Waals surface area contributed by atoms with E-state index >= 15 is 0 Å². The third-order valence-electron chi connectivity index (χ3n) is 6.53. The first kappa shape index (κ1) is 32.6. The van der Waals surface area contributed by atoms with Crippen LogP contribution in [0.1, 0.15) is 35.1 Å². The third kappa shape index (κ3) is 9.03. The number of benzene rings is 3. The minimum atomic E-state index is -1.04. The van der Waals surface area contributed by atoms with Crippen LogP contribution in [0.25, 0.3) is 22.5 Å². The fraction of sp³-hybridized carbons (Fsp3) is 0.250. The first-order chi connectivity index (χ1) is 19.4. The molecule has 3 aromatic carbocycles. The Bertz CT molecular complexity index is 1460. The predicted octanol–water partition coefficient (Wildman–Crippen LogP) is 4.39. The van der Waals surface area contributed by atoms with Crippen molar-refractivity contribution in [1.82, 2.24) is 5.32 Å². The standard InChI is InChI=1S/C32H32ClNO5S.Li.H/c1-21-5-3-4-6-26(21)28-19-22(7-13-27(28)31(35)34-29(32(36)37)16-18-40-2)20-38-17-15-25-12-14-30(39-25)23-8-10-24(33)11-9-23;;/h3-14,19,29H,15-18,20H2,1-2H3,(H,34,35)(H,36,37);;/q;+1;-1/t29-;;/m0../s1. The number of aryl methyl sites for hydroxylation is 1. The molecule has 1 aromatic heterocycles. The van der Waals surface area contributed by atoms with E-state index in [0.717, 1.165) is 39.3 Å². The van der Waals surface area contributed by atoms with Gasteiger partial charge in [0, 0.05) is 22.6 Å². The summed E-state index contributed by atoms with van der Waals surface area (Å²) in [4.78, 5) is 25.0. The molecule has 0 aliphatic heterocycles. The molecule has 41 heavy (non-hydrogen) atoms. The van der Waals surface area contributed by atoms with Crippen LogP contribution < -0.4 is 24.2 Å². The number of nitrogens with one attached hydrogen (secondary N) is 1. The van der Waals surface area contributed by atoms with Gasteiger partial charge in [0.1, 0.15) is 17.6 Å². The van der Waals surface area contributed by atoms with Crippen molar-refractivity contribution in [2.24, 2.45) is 0 Å². The van der Waals surface area contributed by atoms with E-state index in [9.17, 15) is 14.7 Å². The summed E-state index contributed by atoms with van der Waals surface area (Å²) in [7, 11) is 0. The molecule has 0 fully saturated rings. The van der Waals surface area contributed by atoms with E-state index in [2.05, 4.69) is 5.32 Å². The summed E-state index contributed by atoms with van der Waals surface area (Å²) < 4.78 is 11.9. The van der Waals surface area contributed by atoms with Crippen molar-refractivity contribution >= 4 is 35.2 Å². The van der Waals surface area contributed by atoms with Crippen LogP contribution in [0, 0.1) is 6.92 Å². The molecule has 0 bridgehead atoms. The monoisotopic (exact) mass is 585 g/mol. The van der Waals surface area contributed by atoms with Crippen LogP contribution in [0.4, 0.5) is 0 Å². The van der Waals surface area contributed by atoms with Crippen molar-refractivity contribution in [3.8, 4) is 22.5 Å². The first-order valence-electron chi connectivity index (χ1n) is 13.0. The van der Waals surface area contributed by atoms with E-state index < -0.39 is 17.9 Å². The number of thioether (sulfide) groups is 1. The van der Waals surface area contributed by atoms with Gasteiger partial charge in [-0.25, -0.2) is 4.79 Å². The SMILES string of the molecule is CSCC[C@H](NC(=O)c1ccc(COCCc2ccc(-c3ccc(Cl)cc3)o2)cc1-c1ccccc1C)C(=O)O.[H-].[Li+]. The molecule has 0 radical (unpaired) electrons. The number of hydrogen-bond donors (Lipinski definition) is 2. The Morgan fingerprint density at radius 1 is 1.05 bits per heavy atom. The molecule has 1 heterocycles. The fourth-order valence-corrected chi connectivity index (χ4v) is 4.95. The number of carboxylic acids is 1. The van der Waals surface area contributed by atoms with Crippen molar-refractivity contribution in [3.63, 3.8) is 0 Å². The Labute approximate surface area is 263 Å². The predicted molar refractivity (Wildman–Crippen MR) is 162 cm³/mol. The smallest absolute Gasteiger partial charge is 1.00 e. The molecule has 0 aliphatic carbocycles. The maximum atomic E-state index is 13.2. The number of ether oxygens (including phenoxy) is 1. The topological polar surface area (TPSA) is 88.8 Å². The molecular weight excluding hydrogens is 553 g/mol. The second kappa shape index (κ2) is 15.9. The van der Waals surface area contributed by atoms with Gasteiger partial charge in [-0.05, 0) is 96.1 Å². The van der Waals surface area contributed by atoms with Crippen LogP contribution in [0.2, 0.25) is 5.02 Å². The molecule has 0 saturated carbocycles. The number of hydrogen-bond acceptors (Lipinski definition) is 5. The van der Waals surface area contributed by atoms with Crippen molar-refractivity contribution in [2.45, 2.75) is 32.4 Å². The zero-order valence-electron chi connectivity index (χ0n) is 24.5. The summed E-state index contributed by atoms with van der Waals surface area (Å²) in [5, 5.41) is 13.0. The minimum absolute atomic E-state index is 0. The molecule has 0 spiro atoms. The first-order valence-corrected chi connectivity index (χ1v) is 14.8. The fourth-order valence-electron chi connectivity index (χ4n) is 4.35. The van der Waals surface area contributed by atoms with Gasteiger partial charge in [-0.1, -0.05) is 41.9 Å². The summed E-state index contributed by atoms with van der Waals surface area (Å²) in [6.45, 7) is 2.81. The molecular formula is C32H33ClLiNO5S. The van der Waals surface area contributed by atoms with E-state index in [1.54, 1.807) is 17.8 Å². The molecule has 4 aromatic rings. The Balaban J connectivity index is 0.00000308. The van der Waals surface area contributed by atoms with E-state index in [-0.39, 0.29) is 20.3 Å². The van der Waals surface area contributed by atoms with Gasteiger partial charge < -0.3 is 21.0 Å². The van der Waals surface area contributed by atoms with Gasteiger partial charge in [0.25, 0.3) is 5.91 Å². The Hall–Kier alpha value is -2.92. The summed E-state index contributed by atoms with van der Waals surface area (Å²) in [6, 6.07) is 23.8. The van der Waals surface area contributed by atoms with Gasteiger partial charge >= 0.3 is 24.8 Å². The summed E-state index contributed by atoms with van der Waals surface area (Å²) in [6.07, 6.45) is 2.88. The average molecular weight is 586 g/mol. The summed E-state index contributed by atoms with van der Waals surface area (Å²) in [5.74, 6) is 0.794. The van der Waals surface area contributed by atoms with E-state index in [0.29, 0.717) is 42.4 Å². The van der Waals surface area contributed by atoms with Crippen LogP contribution >= 0.6 is 23.4 Å². The third-order valence-corrected chi connectivity index (χ3v) is 7.43. The maximum Gasteiger partial charge on any atom is 1.00 e. The molecule has 1 amide bonds. The van der Waals surface area contributed by atoms with Crippen LogP contribution in [0.5, 0.6) is 0 Å². The molecule has 210 valence electrons. The van der Waals surface area contributed by atoms with E-state index in [1.165, 1.54) is 0 Å². The zero-order chi connectivity index (χ0) is 28.5. The second-order valence-corrected chi connectivity index (χ2v) is 10.8. The molecule has 9 heteroatoms. The Kier molecular flexibility index (Phi) is 12.6. The van der Waals surface area contributed by atoms with Crippen LogP contribution in [0.15, 0.2) is 83.3 Å². The normalized spacial score (nSPS) is 11.5. The molecule has 0 unspecified atom stereocenters. The van der Waals surface area contributed by atoms with Crippen LogP contribution in [0.3, 0.4) is 0 Å². The number of carbonyl (C=O) groups excluding carboxylic acids is 1. The molecule has 0 saturated heterocycles. The van der Waals surface area contributed by atoms with Crippen molar-refractivity contribution in [1.29, 1.82) is 0 Å². The van der Waals surface area contributed by atoms with Gasteiger partial charge in [0.05, 0.1) is 13.2 Å². The molecule has 4 rings (SSSR count). The van der Waals surface area contributed by atoms with Crippen molar-refractivity contribution in [3.05, 3.63) is 106 Å². The largest absolute Gasteiger partial charge is 1.00 e. The number of halogens is 1.